The van der Waals surface area contributed by atoms with Crippen LogP contribution in [0, 0.1) is 0 Å². The summed E-state index contributed by atoms with van der Waals surface area (Å²) in [6.07, 6.45) is 3.68. The number of aromatic nitrogens is 4. The maximum absolute atomic E-state index is 5.27. The topological polar surface area (TPSA) is 51.6 Å². The Balaban J connectivity index is 1.28. The van der Waals surface area contributed by atoms with Crippen molar-refractivity contribution in [1.82, 2.24) is 19.9 Å². The molecule has 0 saturated heterocycles. The van der Waals surface area contributed by atoms with Gasteiger partial charge in [0.1, 0.15) is 0 Å². The first-order valence-corrected chi connectivity index (χ1v) is 17.5. The number of nitrogens with zero attached hydrogens (tertiary/aromatic N) is 4. The van der Waals surface area contributed by atoms with E-state index in [2.05, 4.69) is 126 Å². The number of rotatable bonds is 4. The lowest BCUT2D eigenvalue weighted by molar-refractivity contribution is 1.08. The molecule has 0 N–H and O–H groups in total. The van der Waals surface area contributed by atoms with Crippen LogP contribution in [0.4, 0.5) is 0 Å². The van der Waals surface area contributed by atoms with Crippen molar-refractivity contribution >= 4 is 64.6 Å². The lowest BCUT2D eigenvalue weighted by Crippen LogP contribution is -2.01. The molecule has 9 aromatic carbocycles. The highest BCUT2D eigenvalue weighted by molar-refractivity contribution is 6.37. The van der Waals surface area contributed by atoms with Crippen LogP contribution >= 0.6 is 0 Å². The van der Waals surface area contributed by atoms with E-state index in [0.29, 0.717) is 17.5 Å². The van der Waals surface area contributed by atoms with Gasteiger partial charge in [0.05, 0.1) is 0 Å². The smallest absolute Gasteiger partial charge is 0.164 e. The summed E-state index contributed by atoms with van der Waals surface area (Å²) in [5, 5.41) is 14.8. The third-order valence-electron chi connectivity index (χ3n) is 10.5. The van der Waals surface area contributed by atoms with Crippen molar-refractivity contribution in [3.63, 3.8) is 0 Å². The van der Waals surface area contributed by atoms with Gasteiger partial charge in [0.2, 0.25) is 0 Å². The molecule has 0 unspecified atom stereocenters. The molecule has 2 heterocycles. The lowest BCUT2D eigenvalue weighted by Gasteiger charge is -2.17. The number of hydrogen-bond donors (Lipinski definition) is 0. The van der Waals surface area contributed by atoms with Crippen LogP contribution in [0.1, 0.15) is 0 Å². The largest absolute Gasteiger partial charge is 0.264 e. The fourth-order valence-electron chi connectivity index (χ4n) is 8.21. The minimum Gasteiger partial charge on any atom is -0.264 e. The molecule has 0 aliphatic carbocycles. The van der Waals surface area contributed by atoms with Gasteiger partial charge in [-0.2, -0.15) is 0 Å². The van der Waals surface area contributed by atoms with E-state index in [1.54, 1.807) is 6.20 Å². The van der Waals surface area contributed by atoms with Crippen LogP contribution in [0.15, 0.2) is 170 Å². The molecule has 4 heteroatoms. The Morgan fingerprint density at radius 1 is 0.308 bits per heavy atom. The summed E-state index contributed by atoms with van der Waals surface area (Å²) >= 11 is 0. The molecule has 0 radical (unpaired) electrons. The van der Waals surface area contributed by atoms with Gasteiger partial charge >= 0.3 is 0 Å². The molecular weight excluding hydrogens is 633 g/mol. The van der Waals surface area contributed by atoms with E-state index in [1.165, 1.54) is 59.2 Å². The SMILES string of the molecule is c1ccc(-c2nc(-c3cc4ccc5cccc6c7cccc8ccc9cccc(c(c3)c4c56)c9c87)nc(-c3ccccc3-c3cccnc3)n2)cc1. The van der Waals surface area contributed by atoms with Crippen LogP contribution in [0.3, 0.4) is 0 Å². The van der Waals surface area contributed by atoms with E-state index in [4.69, 9.17) is 15.0 Å². The zero-order chi connectivity index (χ0) is 34.2. The van der Waals surface area contributed by atoms with Gasteiger partial charge < -0.3 is 0 Å². The van der Waals surface area contributed by atoms with Gasteiger partial charge in [0.25, 0.3) is 0 Å². The molecule has 0 fully saturated rings. The summed E-state index contributed by atoms with van der Waals surface area (Å²) in [5.41, 5.74) is 4.83. The van der Waals surface area contributed by atoms with Crippen LogP contribution in [-0.4, -0.2) is 19.9 Å². The highest BCUT2D eigenvalue weighted by Crippen LogP contribution is 2.44. The fourth-order valence-corrected chi connectivity index (χ4v) is 8.21. The molecule has 11 rings (SSSR count). The van der Waals surface area contributed by atoms with Gasteiger partial charge in [0, 0.05) is 34.6 Å². The average Bonchev–Trinajstić information content (AvgIpc) is 3.22. The molecule has 0 aliphatic rings. The molecule has 240 valence electrons. The summed E-state index contributed by atoms with van der Waals surface area (Å²) in [6.45, 7) is 0. The number of fused-ring (bicyclic) bond motifs is 2. The van der Waals surface area contributed by atoms with Crippen LogP contribution in [0.2, 0.25) is 0 Å². The Kier molecular flexibility index (Phi) is 6.22. The summed E-state index contributed by atoms with van der Waals surface area (Å²) in [5.74, 6) is 1.88. The molecule has 0 bridgehead atoms. The molecule has 0 saturated carbocycles. The van der Waals surface area contributed by atoms with Crippen molar-refractivity contribution in [3.8, 4) is 45.3 Å². The van der Waals surface area contributed by atoms with Crippen LogP contribution in [0.5, 0.6) is 0 Å². The third-order valence-corrected chi connectivity index (χ3v) is 10.5. The van der Waals surface area contributed by atoms with Gasteiger partial charge in [-0.25, -0.2) is 15.0 Å². The van der Waals surface area contributed by atoms with Crippen molar-refractivity contribution in [1.29, 1.82) is 0 Å². The van der Waals surface area contributed by atoms with Crippen molar-refractivity contribution in [3.05, 3.63) is 170 Å². The first kappa shape index (κ1) is 28.8. The predicted octanol–water partition coefficient (Wildman–Crippen LogP) is 12.3. The molecule has 52 heavy (non-hydrogen) atoms. The van der Waals surface area contributed by atoms with Gasteiger partial charge in [-0.05, 0) is 88.4 Å². The van der Waals surface area contributed by atoms with Crippen LogP contribution < -0.4 is 0 Å². The molecule has 11 aromatic rings. The number of benzene rings is 8. The van der Waals surface area contributed by atoms with Crippen molar-refractivity contribution in [2.24, 2.45) is 0 Å². The maximum Gasteiger partial charge on any atom is 0.164 e. The van der Waals surface area contributed by atoms with Gasteiger partial charge in [-0.15, -0.1) is 0 Å². The Labute approximate surface area is 299 Å². The Hall–Kier alpha value is -7.04. The van der Waals surface area contributed by atoms with E-state index < -0.39 is 0 Å². The molecule has 0 spiro atoms. The monoisotopic (exact) mass is 660 g/mol. The minimum atomic E-state index is 0.618. The minimum absolute atomic E-state index is 0.618. The predicted molar refractivity (Wildman–Crippen MR) is 216 cm³/mol. The maximum atomic E-state index is 5.27. The van der Waals surface area contributed by atoms with Crippen molar-refractivity contribution < 1.29 is 0 Å². The number of pyridine rings is 1. The van der Waals surface area contributed by atoms with Crippen LogP contribution in [0.25, 0.3) is 110 Å². The van der Waals surface area contributed by atoms with E-state index in [9.17, 15) is 0 Å². The standard InChI is InChI=1S/C48H28N4/c1-2-10-32(11-3-1)46-50-47(52-48(51-46)40-17-5-4-16-36(40)34-15-9-25-49-28-34)35-26-33-24-23-31-13-7-19-38-37-18-6-12-29-21-22-30-14-8-20-39(44(30)42(29)37)41(27-35)45(33)43(31)38/h1-28H. The normalized spacial score (nSPS) is 11.8. The Morgan fingerprint density at radius 2 is 0.827 bits per heavy atom. The van der Waals surface area contributed by atoms with E-state index in [1.807, 2.05) is 42.6 Å². The van der Waals surface area contributed by atoms with Crippen molar-refractivity contribution in [2.45, 2.75) is 0 Å². The third kappa shape index (κ3) is 4.34. The quantitative estimate of drug-likeness (QED) is 0.176. The summed E-state index contributed by atoms with van der Waals surface area (Å²) in [4.78, 5) is 20.0. The lowest BCUT2D eigenvalue weighted by atomic mass is 9.87. The van der Waals surface area contributed by atoms with Gasteiger partial charge in [-0.1, -0.05) is 140 Å². The summed E-state index contributed by atoms with van der Waals surface area (Å²) < 4.78 is 0. The molecule has 0 atom stereocenters. The molecule has 2 aromatic heterocycles. The highest BCUT2D eigenvalue weighted by Gasteiger charge is 2.19. The second-order valence-electron chi connectivity index (χ2n) is 13.4. The molecular formula is C48H28N4. The first-order valence-electron chi connectivity index (χ1n) is 17.5. The Morgan fingerprint density at radius 3 is 1.46 bits per heavy atom. The first-order chi connectivity index (χ1) is 25.8. The number of hydrogen-bond acceptors (Lipinski definition) is 4. The summed E-state index contributed by atoms with van der Waals surface area (Å²) in [6, 6.07) is 56.1. The van der Waals surface area contributed by atoms with Crippen molar-refractivity contribution in [2.75, 3.05) is 0 Å². The summed E-state index contributed by atoms with van der Waals surface area (Å²) in [7, 11) is 0. The van der Waals surface area contributed by atoms with Crippen LogP contribution in [-0.2, 0) is 0 Å². The van der Waals surface area contributed by atoms with E-state index >= 15 is 0 Å². The molecule has 4 nitrogen and oxygen atoms in total. The molecule has 0 aliphatic heterocycles. The highest BCUT2D eigenvalue weighted by atomic mass is 15.0. The average molecular weight is 661 g/mol. The second-order valence-corrected chi connectivity index (χ2v) is 13.4. The molecule has 0 amide bonds. The van der Waals surface area contributed by atoms with Gasteiger partial charge in [-0.3, -0.25) is 4.98 Å². The zero-order valence-corrected chi connectivity index (χ0v) is 28.0. The zero-order valence-electron chi connectivity index (χ0n) is 28.0. The van der Waals surface area contributed by atoms with E-state index in [0.717, 1.165) is 33.2 Å². The fraction of sp³-hybridized carbons (Fsp3) is 0. The second kappa shape index (κ2) is 11.2. The van der Waals surface area contributed by atoms with E-state index in [-0.39, 0.29) is 0 Å². The Bertz CT molecular complexity index is 3170. The van der Waals surface area contributed by atoms with Gasteiger partial charge in [0.15, 0.2) is 17.5 Å².